The van der Waals surface area contributed by atoms with E-state index in [2.05, 4.69) is 5.32 Å². The van der Waals surface area contributed by atoms with E-state index in [1.54, 1.807) is 30.3 Å². The number of carbonyl (C=O) groups excluding carboxylic acids is 1. The van der Waals surface area contributed by atoms with E-state index in [9.17, 15) is 4.79 Å². The summed E-state index contributed by atoms with van der Waals surface area (Å²) < 4.78 is 0. The van der Waals surface area contributed by atoms with Gasteiger partial charge in [-0.05, 0) is 37.0 Å². The Kier molecular flexibility index (Phi) is 6.45. The Morgan fingerprint density at radius 1 is 1.42 bits per heavy atom. The molecule has 0 aromatic heterocycles. The third kappa shape index (κ3) is 5.36. The summed E-state index contributed by atoms with van der Waals surface area (Å²) >= 11 is 1.52. The van der Waals surface area contributed by atoms with Crippen LogP contribution in [0.5, 0.6) is 5.75 Å². The molecule has 4 nitrogen and oxygen atoms in total. The first-order chi connectivity index (χ1) is 9.06. The smallest absolute Gasteiger partial charge is 0.244 e. The van der Waals surface area contributed by atoms with Crippen LogP contribution in [0.4, 0.5) is 0 Å². The molecule has 0 fully saturated rings. The summed E-state index contributed by atoms with van der Waals surface area (Å²) in [5.41, 5.74) is 0.837. The van der Waals surface area contributed by atoms with Crippen LogP contribution in [-0.2, 0) is 4.79 Å². The first-order valence-corrected chi connectivity index (χ1v) is 7.27. The number of phenolic OH excluding ortho intramolecular Hbond substituents is 1. The number of aliphatic hydroxyl groups excluding tert-OH is 1. The van der Waals surface area contributed by atoms with Crippen LogP contribution < -0.4 is 5.32 Å². The zero-order valence-corrected chi connectivity index (χ0v) is 11.9. The molecule has 1 amide bonds. The van der Waals surface area contributed by atoms with Crippen molar-refractivity contribution < 1.29 is 15.0 Å². The topological polar surface area (TPSA) is 69.6 Å². The second-order valence-corrected chi connectivity index (χ2v) is 5.26. The van der Waals surface area contributed by atoms with Crippen molar-refractivity contribution in [2.75, 3.05) is 12.9 Å². The van der Waals surface area contributed by atoms with Gasteiger partial charge in [0.25, 0.3) is 0 Å². The minimum atomic E-state index is -0.201. The molecule has 2 unspecified atom stereocenters. The van der Waals surface area contributed by atoms with Gasteiger partial charge in [-0.25, -0.2) is 0 Å². The summed E-state index contributed by atoms with van der Waals surface area (Å²) in [4.78, 5) is 11.7. The number of phenols is 1. The van der Waals surface area contributed by atoms with Crippen molar-refractivity contribution in [3.05, 3.63) is 35.9 Å². The summed E-state index contributed by atoms with van der Waals surface area (Å²) in [6, 6.07) is 6.48. The molecule has 5 heteroatoms. The highest BCUT2D eigenvalue weighted by atomic mass is 32.2. The zero-order valence-electron chi connectivity index (χ0n) is 11.0. The van der Waals surface area contributed by atoms with Crippen molar-refractivity contribution in [1.82, 2.24) is 5.32 Å². The first kappa shape index (κ1) is 15.6. The van der Waals surface area contributed by atoms with Gasteiger partial charge in [-0.3, -0.25) is 4.79 Å². The quantitative estimate of drug-likeness (QED) is 0.693. The van der Waals surface area contributed by atoms with Crippen molar-refractivity contribution in [2.24, 2.45) is 0 Å². The van der Waals surface area contributed by atoms with Crippen LogP contribution in [0.25, 0.3) is 6.08 Å². The molecule has 0 aliphatic rings. The van der Waals surface area contributed by atoms with E-state index < -0.39 is 0 Å². The van der Waals surface area contributed by atoms with Crippen LogP contribution in [0.2, 0.25) is 0 Å². The summed E-state index contributed by atoms with van der Waals surface area (Å²) in [6.07, 6.45) is 5.02. The standard InChI is InChI=1S/C14H19NO3S/c1-10(13(9-16)19-2)15-14(18)8-5-11-3-6-12(17)7-4-11/h3-8,10,13,16-17H,9H2,1-2H3,(H,15,18)/b8-5+. The number of aliphatic hydroxyl groups is 1. The van der Waals surface area contributed by atoms with E-state index in [1.165, 1.54) is 17.8 Å². The molecule has 0 aliphatic heterocycles. The Balaban J connectivity index is 2.53. The van der Waals surface area contributed by atoms with Gasteiger partial charge in [0, 0.05) is 17.4 Å². The van der Waals surface area contributed by atoms with Gasteiger partial charge in [0.05, 0.1) is 6.61 Å². The van der Waals surface area contributed by atoms with Crippen LogP contribution >= 0.6 is 11.8 Å². The number of hydrogen-bond acceptors (Lipinski definition) is 4. The van der Waals surface area contributed by atoms with Gasteiger partial charge in [0.1, 0.15) is 5.75 Å². The number of hydrogen-bond donors (Lipinski definition) is 3. The number of amides is 1. The Morgan fingerprint density at radius 2 is 2.05 bits per heavy atom. The minimum Gasteiger partial charge on any atom is -0.508 e. The van der Waals surface area contributed by atoms with Crippen LogP contribution in [0.3, 0.4) is 0 Å². The maximum Gasteiger partial charge on any atom is 0.244 e. The van der Waals surface area contributed by atoms with Gasteiger partial charge in [-0.15, -0.1) is 0 Å². The Bertz CT molecular complexity index is 427. The average molecular weight is 281 g/mol. The fourth-order valence-corrected chi connectivity index (χ4v) is 2.18. The monoisotopic (exact) mass is 281 g/mol. The number of aromatic hydroxyl groups is 1. The average Bonchev–Trinajstić information content (AvgIpc) is 2.39. The van der Waals surface area contributed by atoms with Crippen molar-refractivity contribution >= 4 is 23.7 Å². The zero-order chi connectivity index (χ0) is 14.3. The third-order valence-electron chi connectivity index (χ3n) is 2.73. The van der Waals surface area contributed by atoms with Crippen molar-refractivity contribution in [3.63, 3.8) is 0 Å². The molecule has 0 spiro atoms. The Labute approximate surface area is 117 Å². The molecule has 1 aromatic carbocycles. The molecule has 0 heterocycles. The summed E-state index contributed by atoms with van der Waals surface area (Å²) in [6.45, 7) is 1.90. The van der Waals surface area contributed by atoms with Gasteiger partial charge in [0.15, 0.2) is 0 Å². The van der Waals surface area contributed by atoms with E-state index in [1.807, 2.05) is 13.2 Å². The molecule has 104 valence electrons. The predicted molar refractivity (Wildman–Crippen MR) is 79.1 cm³/mol. The van der Waals surface area contributed by atoms with Crippen molar-refractivity contribution in [2.45, 2.75) is 18.2 Å². The SMILES string of the molecule is CSC(CO)C(C)NC(=O)/C=C/c1ccc(O)cc1. The fourth-order valence-electron chi connectivity index (χ4n) is 1.56. The highest BCUT2D eigenvalue weighted by Gasteiger charge is 2.15. The minimum absolute atomic E-state index is 0.00831. The largest absolute Gasteiger partial charge is 0.508 e. The van der Waals surface area contributed by atoms with E-state index in [0.717, 1.165) is 5.56 Å². The number of benzene rings is 1. The maximum absolute atomic E-state index is 11.7. The van der Waals surface area contributed by atoms with E-state index >= 15 is 0 Å². The second kappa shape index (κ2) is 7.86. The van der Waals surface area contributed by atoms with Crippen LogP contribution in [-0.4, -0.2) is 40.3 Å². The molecule has 0 bridgehead atoms. The van der Waals surface area contributed by atoms with E-state index in [0.29, 0.717) is 0 Å². The molecule has 0 aliphatic carbocycles. The highest BCUT2D eigenvalue weighted by Crippen LogP contribution is 2.11. The van der Waals surface area contributed by atoms with E-state index in [4.69, 9.17) is 10.2 Å². The molecular formula is C14H19NO3S. The first-order valence-electron chi connectivity index (χ1n) is 5.98. The Morgan fingerprint density at radius 3 is 2.58 bits per heavy atom. The molecule has 0 radical (unpaired) electrons. The molecule has 0 saturated carbocycles. The highest BCUT2D eigenvalue weighted by molar-refractivity contribution is 7.99. The van der Waals surface area contributed by atoms with Crippen LogP contribution in [0.15, 0.2) is 30.3 Å². The molecular weight excluding hydrogens is 262 g/mol. The van der Waals surface area contributed by atoms with Gasteiger partial charge >= 0.3 is 0 Å². The number of nitrogens with one attached hydrogen (secondary N) is 1. The second-order valence-electron chi connectivity index (χ2n) is 4.18. The molecule has 1 aromatic rings. The summed E-state index contributed by atoms with van der Waals surface area (Å²) in [5.74, 6) is -0.00550. The predicted octanol–water partition coefficient (Wildman–Crippen LogP) is 1.63. The maximum atomic E-state index is 11.7. The van der Waals surface area contributed by atoms with Crippen molar-refractivity contribution in [1.29, 1.82) is 0 Å². The van der Waals surface area contributed by atoms with Gasteiger partial charge in [-0.2, -0.15) is 11.8 Å². The normalized spacial score (nSPS) is 14.3. The fraction of sp³-hybridized carbons (Fsp3) is 0.357. The lowest BCUT2D eigenvalue weighted by Gasteiger charge is -2.20. The Hall–Kier alpha value is -1.46. The third-order valence-corrected chi connectivity index (χ3v) is 3.89. The van der Waals surface area contributed by atoms with Gasteiger partial charge < -0.3 is 15.5 Å². The summed E-state index contributed by atoms with van der Waals surface area (Å²) in [7, 11) is 0. The van der Waals surface area contributed by atoms with Crippen LogP contribution in [0.1, 0.15) is 12.5 Å². The van der Waals surface area contributed by atoms with Gasteiger partial charge in [-0.1, -0.05) is 12.1 Å². The van der Waals surface area contributed by atoms with Crippen molar-refractivity contribution in [3.8, 4) is 5.75 Å². The molecule has 2 atom stereocenters. The number of carbonyl (C=O) groups is 1. The van der Waals surface area contributed by atoms with Crippen LogP contribution in [0, 0.1) is 0 Å². The number of rotatable bonds is 6. The summed E-state index contributed by atoms with van der Waals surface area (Å²) in [5, 5.41) is 21.1. The lowest BCUT2D eigenvalue weighted by atomic mass is 10.2. The molecule has 1 rings (SSSR count). The number of thioether (sulfide) groups is 1. The van der Waals surface area contributed by atoms with Gasteiger partial charge in [0.2, 0.25) is 5.91 Å². The van der Waals surface area contributed by atoms with E-state index in [-0.39, 0.29) is 29.6 Å². The lowest BCUT2D eigenvalue weighted by Crippen LogP contribution is -2.40. The molecule has 3 N–H and O–H groups in total. The molecule has 0 saturated heterocycles. The molecule has 19 heavy (non-hydrogen) atoms. The lowest BCUT2D eigenvalue weighted by molar-refractivity contribution is -0.117.